The molecule has 1 aromatic heterocycles. The summed E-state index contributed by atoms with van der Waals surface area (Å²) < 4.78 is 7.78. The zero-order chi connectivity index (χ0) is 16.3. The van der Waals surface area contributed by atoms with E-state index >= 15 is 0 Å². The molecule has 23 heavy (non-hydrogen) atoms. The summed E-state index contributed by atoms with van der Waals surface area (Å²) in [5.74, 6) is 0.889. The Hall–Kier alpha value is -1.88. The molecule has 0 spiro atoms. The largest absolute Gasteiger partial charge is 0.493 e. The highest BCUT2D eigenvalue weighted by Gasteiger charge is 2.11. The number of benzene rings is 1. The average molecular weight is 316 g/mol. The summed E-state index contributed by atoms with van der Waals surface area (Å²) in [5.41, 5.74) is 7.78. The molecule has 0 fully saturated rings. The second-order valence-corrected chi connectivity index (χ2v) is 5.74. The molecule has 2 N–H and O–H groups in total. The molecule has 2 aromatic rings. The first-order valence-electron chi connectivity index (χ1n) is 8.64. The third kappa shape index (κ3) is 5.67. The molecule has 0 unspecified atom stereocenters. The van der Waals surface area contributed by atoms with Crippen molar-refractivity contribution >= 4 is 0 Å². The Kier molecular flexibility index (Phi) is 7.60. The van der Waals surface area contributed by atoms with Crippen LogP contribution in [-0.4, -0.2) is 21.6 Å². The topological polar surface area (TPSA) is 66.0 Å². The number of hydrogen-bond donors (Lipinski definition) is 1. The van der Waals surface area contributed by atoms with Crippen LogP contribution in [0.3, 0.4) is 0 Å². The van der Waals surface area contributed by atoms with Gasteiger partial charge in [-0.15, -0.1) is 5.10 Å². The number of hydrogen-bond acceptors (Lipinski definition) is 4. The van der Waals surface area contributed by atoms with Crippen LogP contribution in [0.25, 0.3) is 0 Å². The summed E-state index contributed by atoms with van der Waals surface area (Å²) in [6.45, 7) is 4.18. The van der Waals surface area contributed by atoms with E-state index in [4.69, 9.17) is 10.5 Å². The van der Waals surface area contributed by atoms with Crippen LogP contribution in [0.15, 0.2) is 30.3 Å². The number of ether oxygens (including phenoxy) is 1. The summed E-state index contributed by atoms with van der Waals surface area (Å²) in [7, 11) is 0. The van der Waals surface area contributed by atoms with Gasteiger partial charge < -0.3 is 10.5 Å². The number of aromatic nitrogens is 3. The predicted molar refractivity (Wildman–Crippen MR) is 92.3 cm³/mol. The highest BCUT2D eigenvalue weighted by atomic mass is 16.5. The monoisotopic (exact) mass is 316 g/mol. The second kappa shape index (κ2) is 10.0. The lowest BCUT2D eigenvalue weighted by molar-refractivity contribution is 0.316. The first-order valence-corrected chi connectivity index (χ1v) is 8.64. The number of para-hydroxylation sites is 1. The number of nitrogens with two attached hydrogens (primary N) is 1. The van der Waals surface area contributed by atoms with Gasteiger partial charge in [0, 0.05) is 19.5 Å². The second-order valence-electron chi connectivity index (χ2n) is 5.74. The Labute approximate surface area is 138 Å². The van der Waals surface area contributed by atoms with E-state index in [9.17, 15) is 0 Å². The highest BCUT2D eigenvalue weighted by molar-refractivity contribution is 5.21. The number of rotatable bonds is 11. The fourth-order valence-electron chi connectivity index (χ4n) is 2.63. The van der Waals surface area contributed by atoms with E-state index in [1.54, 1.807) is 0 Å². The van der Waals surface area contributed by atoms with E-state index in [2.05, 4.69) is 17.2 Å². The van der Waals surface area contributed by atoms with E-state index in [-0.39, 0.29) is 0 Å². The zero-order valence-corrected chi connectivity index (χ0v) is 14.1. The standard InChI is InChI=1S/C18H28N4O/c1-2-3-4-5-9-13-22-18(17(15-19)20-21-22)12-14-23-16-10-7-6-8-11-16/h6-8,10-11H,2-5,9,12-15,19H2,1H3. The lowest BCUT2D eigenvalue weighted by atomic mass is 10.1. The molecule has 0 bridgehead atoms. The van der Waals surface area contributed by atoms with Crippen molar-refractivity contribution in [2.75, 3.05) is 6.61 Å². The van der Waals surface area contributed by atoms with Crippen molar-refractivity contribution in [3.63, 3.8) is 0 Å². The van der Waals surface area contributed by atoms with Gasteiger partial charge in [0.2, 0.25) is 0 Å². The Bertz CT molecular complexity index is 553. The van der Waals surface area contributed by atoms with E-state index in [0.717, 1.165) is 36.5 Å². The third-order valence-electron chi connectivity index (χ3n) is 3.94. The molecule has 0 aliphatic heterocycles. The van der Waals surface area contributed by atoms with Gasteiger partial charge in [-0.3, -0.25) is 0 Å². The van der Waals surface area contributed by atoms with Crippen LogP contribution in [0.2, 0.25) is 0 Å². The quantitative estimate of drug-likeness (QED) is 0.646. The fraction of sp³-hybridized carbons (Fsp3) is 0.556. The summed E-state index contributed by atoms with van der Waals surface area (Å²) >= 11 is 0. The molecular formula is C18H28N4O. The Balaban J connectivity index is 1.84. The molecule has 126 valence electrons. The number of aryl methyl sites for hydroxylation is 1. The van der Waals surface area contributed by atoms with Crippen LogP contribution in [-0.2, 0) is 19.5 Å². The summed E-state index contributed by atoms with van der Waals surface area (Å²) in [5, 5.41) is 8.47. The number of unbranched alkanes of at least 4 members (excludes halogenated alkanes) is 4. The Morgan fingerprint density at radius 3 is 2.61 bits per heavy atom. The van der Waals surface area contributed by atoms with Gasteiger partial charge in [-0.05, 0) is 18.6 Å². The van der Waals surface area contributed by atoms with Gasteiger partial charge in [0.25, 0.3) is 0 Å². The molecule has 1 heterocycles. The summed E-state index contributed by atoms with van der Waals surface area (Å²) in [6, 6.07) is 9.86. The third-order valence-corrected chi connectivity index (χ3v) is 3.94. The molecule has 0 saturated carbocycles. The molecule has 0 aliphatic carbocycles. The van der Waals surface area contributed by atoms with Crippen molar-refractivity contribution < 1.29 is 4.74 Å². The van der Waals surface area contributed by atoms with Crippen molar-refractivity contribution in [2.45, 2.75) is 58.5 Å². The van der Waals surface area contributed by atoms with Crippen LogP contribution in [0, 0.1) is 0 Å². The number of nitrogens with zero attached hydrogens (tertiary/aromatic N) is 3. The molecule has 1 aromatic carbocycles. The van der Waals surface area contributed by atoms with Gasteiger partial charge in [-0.25, -0.2) is 4.68 Å². The van der Waals surface area contributed by atoms with Gasteiger partial charge in [0.1, 0.15) is 5.75 Å². The van der Waals surface area contributed by atoms with E-state index in [0.29, 0.717) is 13.2 Å². The van der Waals surface area contributed by atoms with Gasteiger partial charge in [-0.1, -0.05) is 56.0 Å². The van der Waals surface area contributed by atoms with Gasteiger partial charge in [0.15, 0.2) is 0 Å². The molecule has 2 rings (SSSR count). The zero-order valence-electron chi connectivity index (χ0n) is 14.1. The lowest BCUT2D eigenvalue weighted by Gasteiger charge is -2.09. The normalized spacial score (nSPS) is 10.9. The van der Waals surface area contributed by atoms with Crippen LogP contribution >= 0.6 is 0 Å². The van der Waals surface area contributed by atoms with Crippen molar-refractivity contribution in [2.24, 2.45) is 5.73 Å². The molecule has 0 radical (unpaired) electrons. The maximum atomic E-state index is 5.78. The predicted octanol–water partition coefficient (Wildman–Crippen LogP) is 3.33. The van der Waals surface area contributed by atoms with Gasteiger partial charge >= 0.3 is 0 Å². The molecule has 0 aliphatic rings. The minimum atomic E-state index is 0.427. The molecule has 5 heteroatoms. The van der Waals surface area contributed by atoms with Gasteiger partial charge in [0.05, 0.1) is 18.0 Å². The first-order chi connectivity index (χ1) is 11.3. The lowest BCUT2D eigenvalue weighted by Crippen LogP contribution is -2.12. The van der Waals surface area contributed by atoms with E-state index < -0.39 is 0 Å². The van der Waals surface area contributed by atoms with Crippen molar-refractivity contribution in [1.82, 2.24) is 15.0 Å². The Morgan fingerprint density at radius 1 is 1.09 bits per heavy atom. The van der Waals surface area contributed by atoms with Crippen molar-refractivity contribution in [3.05, 3.63) is 41.7 Å². The Morgan fingerprint density at radius 2 is 1.87 bits per heavy atom. The van der Waals surface area contributed by atoms with Crippen LogP contribution in [0.5, 0.6) is 5.75 Å². The van der Waals surface area contributed by atoms with Crippen LogP contribution in [0.4, 0.5) is 0 Å². The summed E-state index contributed by atoms with van der Waals surface area (Å²) in [4.78, 5) is 0. The van der Waals surface area contributed by atoms with Crippen LogP contribution in [0.1, 0.15) is 50.4 Å². The van der Waals surface area contributed by atoms with E-state index in [1.165, 1.54) is 25.7 Å². The average Bonchev–Trinajstić information content (AvgIpc) is 2.98. The molecule has 0 atom stereocenters. The van der Waals surface area contributed by atoms with Crippen LogP contribution < -0.4 is 10.5 Å². The molecule has 0 amide bonds. The molecule has 5 nitrogen and oxygen atoms in total. The minimum Gasteiger partial charge on any atom is -0.493 e. The van der Waals surface area contributed by atoms with Crippen molar-refractivity contribution in [1.29, 1.82) is 0 Å². The highest BCUT2D eigenvalue weighted by Crippen LogP contribution is 2.12. The minimum absolute atomic E-state index is 0.427. The first kappa shape index (κ1) is 17.5. The van der Waals surface area contributed by atoms with Crippen molar-refractivity contribution in [3.8, 4) is 5.75 Å². The smallest absolute Gasteiger partial charge is 0.119 e. The summed E-state index contributed by atoms with van der Waals surface area (Å²) in [6.07, 6.45) is 7.03. The molecule has 0 saturated heterocycles. The fourth-order valence-corrected chi connectivity index (χ4v) is 2.63. The maximum absolute atomic E-state index is 5.78. The molecular weight excluding hydrogens is 288 g/mol. The van der Waals surface area contributed by atoms with E-state index in [1.807, 2.05) is 35.0 Å². The SMILES string of the molecule is CCCCCCCn1nnc(CN)c1CCOc1ccccc1. The van der Waals surface area contributed by atoms with Gasteiger partial charge in [-0.2, -0.15) is 0 Å². The maximum Gasteiger partial charge on any atom is 0.119 e.